The molecule has 4 aromatic rings. The van der Waals surface area contributed by atoms with Crippen LogP contribution in [0.15, 0.2) is 36.7 Å². The number of piperidine rings is 1. The first kappa shape index (κ1) is 31.1. The van der Waals surface area contributed by atoms with Crippen molar-refractivity contribution in [1.29, 1.82) is 0 Å². The Labute approximate surface area is 253 Å². The van der Waals surface area contributed by atoms with Gasteiger partial charge >= 0.3 is 18.4 Å². The summed E-state index contributed by atoms with van der Waals surface area (Å²) in [5, 5.41) is 3.67. The Morgan fingerprint density at radius 3 is 2.32 bits per heavy atom. The molecule has 44 heavy (non-hydrogen) atoms. The second-order valence-electron chi connectivity index (χ2n) is 13.0. The molecule has 236 valence electrons. The Balaban J connectivity index is 1.65. The number of ether oxygens (including phenoxy) is 2. The number of hydrogen-bond acceptors (Lipinski definition) is 7. The van der Waals surface area contributed by atoms with Gasteiger partial charge in [-0.3, -0.25) is 8.97 Å². The van der Waals surface area contributed by atoms with Gasteiger partial charge in [-0.2, -0.15) is 13.2 Å². The predicted octanol–water partition coefficient (Wildman–Crippen LogP) is 7.27. The van der Waals surface area contributed by atoms with E-state index < -0.39 is 35.3 Å². The van der Waals surface area contributed by atoms with Crippen molar-refractivity contribution < 1.29 is 32.2 Å². The number of alkyl halides is 3. The maximum Gasteiger partial charge on any atom is 0.434 e. The number of aromatic nitrogens is 4. The van der Waals surface area contributed by atoms with Crippen LogP contribution in [-0.4, -0.2) is 66.4 Å². The summed E-state index contributed by atoms with van der Waals surface area (Å²) in [6, 6.07) is 6.35. The molecule has 1 fully saturated rings. The fourth-order valence-corrected chi connectivity index (χ4v) is 5.36. The molecule has 0 aliphatic carbocycles. The smallest absolute Gasteiger partial charge is 0.434 e. The highest BCUT2D eigenvalue weighted by Gasteiger charge is 2.40. The van der Waals surface area contributed by atoms with Crippen molar-refractivity contribution in [3.63, 3.8) is 0 Å². The number of rotatable bonds is 3. The summed E-state index contributed by atoms with van der Waals surface area (Å²) in [4.78, 5) is 36.4. The molecule has 1 N–H and O–H groups in total. The summed E-state index contributed by atoms with van der Waals surface area (Å²) in [5.41, 5.74) is -2.13. The third kappa shape index (κ3) is 6.31. The molecule has 1 aromatic carbocycles. The van der Waals surface area contributed by atoms with Crippen LogP contribution in [0.4, 0.5) is 28.6 Å². The maximum absolute atomic E-state index is 14.9. The molecular formula is C31H37F3N6O4. The molecule has 4 heterocycles. The van der Waals surface area contributed by atoms with Crippen LogP contribution in [0.3, 0.4) is 0 Å². The van der Waals surface area contributed by atoms with Gasteiger partial charge in [0, 0.05) is 48.2 Å². The van der Waals surface area contributed by atoms with E-state index in [2.05, 4.69) is 15.3 Å². The summed E-state index contributed by atoms with van der Waals surface area (Å²) in [5.74, 6) is 0.131. The number of carbonyl (C=O) groups is 2. The van der Waals surface area contributed by atoms with Crippen molar-refractivity contribution in [2.24, 2.45) is 0 Å². The molecule has 0 saturated carbocycles. The van der Waals surface area contributed by atoms with Crippen LogP contribution < -0.4 is 5.32 Å². The fraction of sp³-hybridized carbons (Fsp3) is 0.484. The molecule has 1 aliphatic rings. The Morgan fingerprint density at radius 1 is 1.00 bits per heavy atom. The lowest BCUT2D eigenvalue weighted by atomic mass is 10.1. The van der Waals surface area contributed by atoms with Crippen LogP contribution in [0, 0.1) is 6.92 Å². The number of para-hydroxylation sites is 1. The van der Waals surface area contributed by atoms with Crippen LogP contribution >= 0.6 is 0 Å². The molecule has 0 radical (unpaired) electrons. The predicted molar refractivity (Wildman–Crippen MR) is 160 cm³/mol. The number of benzene rings is 1. The van der Waals surface area contributed by atoms with Gasteiger partial charge in [0.05, 0.1) is 5.52 Å². The summed E-state index contributed by atoms with van der Waals surface area (Å²) in [7, 11) is 0. The minimum Gasteiger partial charge on any atom is -0.444 e. The minimum absolute atomic E-state index is 0.00356. The lowest BCUT2D eigenvalue weighted by molar-refractivity contribution is -0.141. The Kier molecular flexibility index (Phi) is 7.79. The summed E-state index contributed by atoms with van der Waals surface area (Å²) < 4.78 is 58.1. The van der Waals surface area contributed by atoms with Gasteiger partial charge in [0.1, 0.15) is 16.9 Å². The topological polar surface area (TPSA) is 103 Å². The van der Waals surface area contributed by atoms with Crippen molar-refractivity contribution in [2.45, 2.75) is 84.7 Å². The average Bonchev–Trinajstić information content (AvgIpc) is 3.47. The van der Waals surface area contributed by atoms with E-state index in [0.29, 0.717) is 30.3 Å². The Morgan fingerprint density at radius 2 is 1.66 bits per heavy atom. The molecule has 0 unspecified atom stereocenters. The number of halogens is 3. The molecule has 1 saturated heterocycles. The summed E-state index contributed by atoms with van der Waals surface area (Å²) in [6.07, 6.45) is -1.99. The highest BCUT2D eigenvalue weighted by molar-refractivity contribution is 6.00. The number of nitrogens with zero attached hydrogens (tertiary/aromatic N) is 5. The first-order valence-corrected chi connectivity index (χ1v) is 14.5. The van der Waals surface area contributed by atoms with Gasteiger partial charge in [-0.05, 0) is 67.4 Å². The normalized spacial score (nSPS) is 16.4. The third-order valence-corrected chi connectivity index (χ3v) is 7.06. The Bertz CT molecular complexity index is 1730. The zero-order valence-electron chi connectivity index (χ0n) is 25.9. The largest absolute Gasteiger partial charge is 0.444 e. The van der Waals surface area contributed by atoms with Crippen molar-refractivity contribution in [3.8, 4) is 11.3 Å². The van der Waals surface area contributed by atoms with Gasteiger partial charge < -0.3 is 19.7 Å². The molecule has 10 nitrogen and oxygen atoms in total. The van der Waals surface area contributed by atoms with Crippen LogP contribution in [0.25, 0.3) is 27.8 Å². The van der Waals surface area contributed by atoms with Crippen LogP contribution in [0.1, 0.15) is 65.8 Å². The molecular weight excluding hydrogens is 577 g/mol. The second kappa shape index (κ2) is 11.0. The number of hydrogen-bond donors (Lipinski definition) is 1. The van der Waals surface area contributed by atoms with Gasteiger partial charge in [-0.1, -0.05) is 18.2 Å². The number of fused-ring (bicyclic) bond motifs is 2. The first-order valence-electron chi connectivity index (χ1n) is 14.5. The average molecular weight is 615 g/mol. The van der Waals surface area contributed by atoms with Crippen molar-refractivity contribution in [1.82, 2.24) is 23.8 Å². The standard InChI is InChI=1S/C31H37F3N6O4/c1-18-15-35-26-25(36-19-11-10-14-38(16-19)27(41)43-29(2,3)4)37-23(24(40(18)26)31(32,33)34)21-17-39(28(42)44-30(5,6)7)22-13-9-8-12-20(21)22/h8-9,12-13,15,17,19H,10-11,14,16H2,1-7H3,(H,36,37)/t19-/m0/s1. The number of aryl methyl sites for hydroxylation is 1. The lowest BCUT2D eigenvalue weighted by Crippen LogP contribution is -2.47. The maximum atomic E-state index is 14.9. The third-order valence-electron chi connectivity index (χ3n) is 7.06. The molecule has 0 spiro atoms. The monoisotopic (exact) mass is 614 g/mol. The van der Waals surface area contributed by atoms with E-state index >= 15 is 0 Å². The zero-order chi connectivity index (χ0) is 32.2. The molecule has 3 aromatic heterocycles. The van der Waals surface area contributed by atoms with E-state index in [9.17, 15) is 22.8 Å². The van der Waals surface area contributed by atoms with E-state index in [1.54, 1.807) is 70.7 Å². The number of nitrogens with one attached hydrogen (secondary N) is 1. The van der Waals surface area contributed by atoms with Crippen molar-refractivity contribution in [3.05, 3.63) is 48.0 Å². The SMILES string of the molecule is Cc1cnc2c(N[C@H]3CCCN(C(=O)OC(C)(C)C)C3)nc(-c3cn(C(=O)OC(C)(C)C)c4ccccc34)c(C(F)(F)F)n12. The summed E-state index contributed by atoms with van der Waals surface area (Å²) >= 11 is 0. The van der Waals surface area contributed by atoms with E-state index in [4.69, 9.17) is 9.47 Å². The van der Waals surface area contributed by atoms with Crippen molar-refractivity contribution >= 4 is 34.6 Å². The van der Waals surface area contributed by atoms with E-state index in [0.717, 1.165) is 4.40 Å². The van der Waals surface area contributed by atoms with Crippen LogP contribution in [0.5, 0.6) is 0 Å². The van der Waals surface area contributed by atoms with Gasteiger partial charge in [0.15, 0.2) is 17.2 Å². The van der Waals surface area contributed by atoms with E-state index in [-0.39, 0.29) is 41.0 Å². The number of amides is 1. The summed E-state index contributed by atoms with van der Waals surface area (Å²) in [6.45, 7) is 12.8. The molecule has 1 atom stereocenters. The lowest BCUT2D eigenvalue weighted by Gasteiger charge is -2.34. The first-order chi connectivity index (χ1) is 20.4. The fourth-order valence-electron chi connectivity index (χ4n) is 5.36. The molecule has 1 aliphatic heterocycles. The Hall–Kier alpha value is -4.29. The van der Waals surface area contributed by atoms with Crippen LogP contribution in [0.2, 0.25) is 0 Å². The van der Waals surface area contributed by atoms with E-state index in [1.807, 2.05) is 0 Å². The highest BCUT2D eigenvalue weighted by atomic mass is 19.4. The molecule has 5 rings (SSSR count). The van der Waals surface area contributed by atoms with Gasteiger partial charge in [0.2, 0.25) is 0 Å². The quantitative estimate of drug-likeness (QED) is 0.259. The molecule has 13 heteroatoms. The number of anilines is 1. The number of imidazole rings is 1. The van der Waals surface area contributed by atoms with E-state index in [1.165, 1.54) is 23.9 Å². The van der Waals surface area contributed by atoms with Gasteiger partial charge in [-0.25, -0.2) is 19.6 Å². The highest BCUT2D eigenvalue weighted by Crippen LogP contribution is 2.41. The minimum atomic E-state index is -4.82. The second-order valence-corrected chi connectivity index (χ2v) is 13.0. The van der Waals surface area contributed by atoms with Crippen molar-refractivity contribution in [2.75, 3.05) is 18.4 Å². The zero-order valence-corrected chi connectivity index (χ0v) is 25.9. The molecule has 0 bridgehead atoms. The molecule has 1 amide bonds. The number of likely N-dealkylation sites (tertiary alicyclic amines) is 1. The van der Waals surface area contributed by atoms with Crippen LogP contribution in [-0.2, 0) is 15.7 Å². The van der Waals surface area contributed by atoms with Gasteiger partial charge in [0.25, 0.3) is 0 Å². The van der Waals surface area contributed by atoms with Gasteiger partial charge in [-0.15, -0.1) is 0 Å². The number of carbonyl (C=O) groups excluding carboxylic acids is 2.